The van der Waals surface area contributed by atoms with Crippen LogP contribution in [0.2, 0.25) is 0 Å². The Morgan fingerprint density at radius 1 is 0.912 bits per heavy atom. The molecule has 0 saturated heterocycles. The van der Waals surface area contributed by atoms with Crippen LogP contribution in [-0.2, 0) is 27.9 Å². The second-order valence-corrected chi connectivity index (χ2v) is 12.3. The number of hydrogen-bond acceptors (Lipinski definition) is 4. The molecule has 1 amide bonds. The van der Waals surface area contributed by atoms with Crippen LogP contribution in [-0.4, -0.2) is 35.6 Å². The number of carbonyl (C=O) groups excluding carboxylic acids is 1. The molecule has 180 valence electrons. The van der Waals surface area contributed by atoms with E-state index in [0.29, 0.717) is 13.1 Å². The Labute approximate surface area is 207 Å². The average molecular weight is 497 g/mol. The SMILES string of the molecule is Cc1ccc(CN(Cc2ccccc2)C(=O)CN(C(C)(C)C)S(=O)(=O)C=Cc2ccccc2)s1. The van der Waals surface area contributed by atoms with Crippen LogP contribution in [0.15, 0.2) is 78.2 Å². The number of carbonyl (C=O) groups is 1. The van der Waals surface area contributed by atoms with Gasteiger partial charge in [0.15, 0.2) is 0 Å². The molecule has 0 atom stereocenters. The molecule has 2 aromatic carbocycles. The maximum atomic E-state index is 13.5. The summed E-state index contributed by atoms with van der Waals surface area (Å²) < 4.78 is 27.9. The van der Waals surface area contributed by atoms with E-state index in [0.717, 1.165) is 16.0 Å². The van der Waals surface area contributed by atoms with Crippen molar-refractivity contribution in [3.63, 3.8) is 0 Å². The lowest BCUT2D eigenvalue weighted by atomic mass is 10.1. The van der Waals surface area contributed by atoms with Crippen molar-refractivity contribution in [2.75, 3.05) is 6.54 Å². The molecule has 0 spiro atoms. The number of thiophene rings is 1. The minimum Gasteiger partial charge on any atom is -0.332 e. The molecule has 0 aliphatic carbocycles. The van der Waals surface area contributed by atoms with Crippen LogP contribution in [0.5, 0.6) is 0 Å². The number of sulfonamides is 1. The quantitative estimate of drug-likeness (QED) is 0.383. The molecular weight excluding hydrogens is 464 g/mol. The molecule has 0 aliphatic rings. The number of amides is 1. The maximum absolute atomic E-state index is 13.5. The molecule has 1 aromatic heterocycles. The summed E-state index contributed by atoms with van der Waals surface area (Å²) in [5, 5.41) is 1.19. The van der Waals surface area contributed by atoms with Crippen LogP contribution in [0.25, 0.3) is 6.08 Å². The first-order chi connectivity index (χ1) is 16.0. The van der Waals surface area contributed by atoms with Gasteiger partial charge in [0, 0.05) is 27.2 Å². The second kappa shape index (κ2) is 11.1. The smallest absolute Gasteiger partial charge is 0.238 e. The van der Waals surface area contributed by atoms with Gasteiger partial charge in [-0.05, 0) is 57.0 Å². The van der Waals surface area contributed by atoms with E-state index in [1.54, 1.807) is 43.1 Å². The molecule has 0 unspecified atom stereocenters. The molecule has 0 fully saturated rings. The molecule has 7 heteroatoms. The van der Waals surface area contributed by atoms with E-state index >= 15 is 0 Å². The van der Waals surface area contributed by atoms with Crippen molar-refractivity contribution in [2.24, 2.45) is 0 Å². The zero-order valence-corrected chi connectivity index (χ0v) is 21.8. The first-order valence-corrected chi connectivity index (χ1v) is 13.5. The lowest BCUT2D eigenvalue weighted by Gasteiger charge is -2.34. The summed E-state index contributed by atoms with van der Waals surface area (Å²) in [7, 11) is -3.84. The molecule has 3 aromatic rings. The summed E-state index contributed by atoms with van der Waals surface area (Å²) in [6.07, 6.45) is 1.56. The molecular formula is C27H32N2O3S2. The lowest BCUT2D eigenvalue weighted by Crippen LogP contribution is -2.50. The minimum atomic E-state index is -3.84. The topological polar surface area (TPSA) is 57.7 Å². The highest BCUT2D eigenvalue weighted by atomic mass is 32.2. The first kappa shape index (κ1) is 25.9. The van der Waals surface area contributed by atoms with Crippen LogP contribution in [0.1, 0.15) is 41.7 Å². The zero-order chi connectivity index (χ0) is 24.8. The standard InChI is InChI=1S/C27H32N2O3S2/c1-22-15-16-25(33-22)20-28(19-24-13-9-6-10-14-24)26(30)21-29(27(2,3)4)34(31,32)18-17-23-11-7-5-8-12-23/h5-18H,19-21H2,1-4H3. The van der Waals surface area contributed by atoms with Gasteiger partial charge >= 0.3 is 0 Å². The van der Waals surface area contributed by atoms with E-state index in [-0.39, 0.29) is 12.5 Å². The summed E-state index contributed by atoms with van der Waals surface area (Å²) in [5.74, 6) is -0.235. The Bertz CT molecular complexity index is 1210. The van der Waals surface area contributed by atoms with Crippen molar-refractivity contribution in [3.8, 4) is 0 Å². The molecule has 0 radical (unpaired) electrons. The van der Waals surface area contributed by atoms with E-state index in [1.807, 2.05) is 79.7 Å². The third kappa shape index (κ3) is 7.38. The van der Waals surface area contributed by atoms with E-state index in [4.69, 9.17) is 0 Å². The maximum Gasteiger partial charge on any atom is 0.238 e. The monoisotopic (exact) mass is 496 g/mol. The van der Waals surface area contributed by atoms with Crippen LogP contribution < -0.4 is 0 Å². The predicted octanol–water partition coefficient (Wildman–Crippen LogP) is 5.69. The molecule has 0 N–H and O–H groups in total. The van der Waals surface area contributed by atoms with E-state index < -0.39 is 15.6 Å². The number of nitrogens with zero attached hydrogens (tertiary/aromatic N) is 2. The van der Waals surface area contributed by atoms with Gasteiger partial charge in [-0.25, -0.2) is 8.42 Å². The largest absolute Gasteiger partial charge is 0.332 e. The molecule has 0 saturated carbocycles. The summed E-state index contributed by atoms with van der Waals surface area (Å²) in [6.45, 7) is 8.06. The van der Waals surface area contributed by atoms with Gasteiger partial charge in [0.1, 0.15) is 0 Å². The van der Waals surface area contributed by atoms with Gasteiger partial charge in [-0.15, -0.1) is 11.3 Å². The number of aryl methyl sites for hydroxylation is 1. The average Bonchev–Trinajstić information content (AvgIpc) is 3.20. The molecule has 1 heterocycles. The molecule has 3 rings (SSSR count). The van der Waals surface area contributed by atoms with Crippen LogP contribution in [0.3, 0.4) is 0 Å². The van der Waals surface area contributed by atoms with E-state index in [1.165, 1.54) is 14.6 Å². The van der Waals surface area contributed by atoms with Crippen molar-refractivity contribution in [1.29, 1.82) is 0 Å². The van der Waals surface area contributed by atoms with Crippen molar-refractivity contribution in [1.82, 2.24) is 9.21 Å². The highest BCUT2D eigenvalue weighted by Crippen LogP contribution is 2.23. The fourth-order valence-corrected chi connectivity index (χ4v) is 5.96. The van der Waals surface area contributed by atoms with Gasteiger partial charge in [0.2, 0.25) is 15.9 Å². The number of benzene rings is 2. The van der Waals surface area contributed by atoms with Crippen molar-refractivity contribution >= 4 is 33.3 Å². The van der Waals surface area contributed by atoms with Crippen molar-refractivity contribution < 1.29 is 13.2 Å². The highest BCUT2D eigenvalue weighted by molar-refractivity contribution is 7.92. The van der Waals surface area contributed by atoms with Crippen molar-refractivity contribution in [2.45, 2.75) is 46.3 Å². The normalized spacial score (nSPS) is 12.4. The number of rotatable bonds is 9. The van der Waals surface area contributed by atoms with Crippen LogP contribution >= 0.6 is 11.3 Å². The summed E-state index contributed by atoms with van der Waals surface area (Å²) in [4.78, 5) is 17.5. The van der Waals surface area contributed by atoms with Gasteiger partial charge < -0.3 is 4.90 Å². The number of hydrogen-bond donors (Lipinski definition) is 0. The Kier molecular flexibility index (Phi) is 8.47. The summed E-state index contributed by atoms with van der Waals surface area (Å²) in [6, 6.07) is 23.1. The van der Waals surface area contributed by atoms with Gasteiger partial charge in [-0.3, -0.25) is 4.79 Å². The Morgan fingerprint density at radius 3 is 2.09 bits per heavy atom. The summed E-state index contributed by atoms with van der Waals surface area (Å²) >= 11 is 1.64. The fraction of sp³-hybridized carbons (Fsp3) is 0.296. The second-order valence-electron chi connectivity index (χ2n) is 9.18. The summed E-state index contributed by atoms with van der Waals surface area (Å²) in [5.41, 5.74) is 1.01. The molecule has 34 heavy (non-hydrogen) atoms. The molecule has 0 aliphatic heterocycles. The Hall–Kier alpha value is -2.74. The first-order valence-electron chi connectivity index (χ1n) is 11.2. The Balaban J connectivity index is 1.86. The lowest BCUT2D eigenvalue weighted by molar-refractivity contribution is -0.133. The zero-order valence-electron chi connectivity index (χ0n) is 20.1. The van der Waals surface area contributed by atoms with E-state index in [9.17, 15) is 13.2 Å². The highest BCUT2D eigenvalue weighted by Gasteiger charge is 2.34. The molecule has 5 nitrogen and oxygen atoms in total. The third-order valence-corrected chi connectivity index (χ3v) is 8.03. The van der Waals surface area contributed by atoms with Crippen LogP contribution in [0, 0.1) is 6.92 Å². The van der Waals surface area contributed by atoms with Gasteiger partial charge in [0.25, 0.3) is 0 Å². The fourth-order valence-electron chi connectivity index (χ4n) is 3.53. The van der Waals surface area contributed by atoms with Gasteiger partial charge in [0.05, 0.1) is 13.1 Å². The van der Waals surface area contributed by atoms with Crippen molar-refractivity contribution in [3.05, 3.63) is 99.1 Å². The van der Waals surface area contributed by atoms with Gasteiger partial charge in [-0.1, -0.05) is 60.7 Å². The molecule has 0 bridgehead atoms. The minimum absolute atomic E-state index is 0.234. The third-order valence-electron chi connectivity index (χ3n) is 5.28. The van der Waals surface area contributed by atoms with Gasteiger partial charge in [-0.2, -0.15) is 4.31 Å². The predicted molar refractivity (Wildman–Crippen MR) is 141 cm³/mol. The Morgan fingerprint density at radius 2 is 1.53 bits per heavy atom. The van der Waals surface area contributed by atoms with Crippen LogP contribution in [0.4, 0.5) is 0 Å². The van der Waals surface area contributed by atoms with E-state index in [2.05, 4.69) is 0 Å².